The Balaban J connectivity index is 1.42. The molecule has 29 heavy (non-hydrogen) atoms. The number of piperidine rings is 1. The molecule has 0 saturated carbocycles. The summed E-state index contributed by atoms with van der Waals surface area (Å²) in [5.74, 6) is -0.000434. The van der Waals surface area contributed by atoms with Crippen LogP contribution in [0.1, 0.15) is 40.0 Å². The van der Waals surface area contributed by atoms with Gasteiger partial charge in [-0.15, -0.1) is 0 Å². The molecule has 2 heterocycles. The van der Waals surface area contributed by atoms with Crippen molar-refractivity contribution in [3.05, 3.63) is 30.3 Å². The van der Waals surface area contributed by atoms with Crippen LogP contribution in [0, 0.1) is 11.8 Å². The SMILES string of the molecule is CC(C)(C)NC(=O)N1CCC(CNC(=O)C2CC(=O)N(c3ccccc3)C2)CC1. The fraction of sp³-hybridized carbons (Fsp3) is 0.591. The van der Waals surface area contributed by atoms with Crippen molar-refractivity contribution in [2.24, 2.45) is 11.8 Å². The van der Waals surface area contributed by atoms with Gasteiger partial charge >= 0.3 is 6.03 Å². The largest absolute Gasteiger partial charge is 0.356 e. The summed E-state index contributed by atoms with van der Waals surface area (Å²) in [5, 5.41) is 6.03. The monoisotopic (exact) mass is 400 g/mol. The third-order valence-corrected chi connectivity index (χ3v) is 5.51. The van der Waals surface area contributed by atoms with Crippen molar-refractivity contribution in [3.8, 4) is 0 Å². The lowest BCUT2D eigenvalue weighted by Gasteiger charge is -2.34. The summed E-state index contributed by atoms with van der Waals surface area (Å²) in [4.78, 5) is 40.7. The van der Waals surface area contributed by atoms with E-state index in [0.717, 1.165) is 18.5 Å². The standard InChI is InChI=1S/C22H32N4O3/c1-22(2,3)24-21(29)25-11-9-16(10-12-25)14-23-20(28)17-13-19(27)26(15-17)18-7-5-4-6-8-18/h4-8,16-17H,9-15H2,1-3H3,(H,23,28)(H,24,29). The van der Waals surface area contributed by atoms with E-state index in [2.05, 4.69) is 10.6 Å². The Labute approximate surface area is 172 Å². The van der Waals surface area contributed by atoms with E-state index in [1.807, 2.05) is 56.0 Å². The van der Waals surface area contributed by atoms with Crippen LogP contribution < -0.4 is 15.5 Å². The lowest BCUT2D eigenvalue weighted by molar-refractivity contribution is -0.126. The lowest BCUT2D eigenvalue weighted by Crippen LogP contribution is -2.51. The van der Waals surface area contributed by atoms with Gasteiger partial charge in [0.15, 0.2) is 0 Å². The van der Waals surface area contributed by atoms with E-state index in [9.17, 15) is 14.4 Å². The number of benzene rings is 1. The zero-order chi connectivity index (χ0) is 21.0. The van der Waals surface area contributed by atoms with Crippen molar-refractivity contribution in [2.75, 3.05) is 31.1 Å². The molecule has 0 spiro atoms. The van der Waals surface area contributed by atoms with Crippen LogP contribution >= 0.6 is 0 Å². The first-order valence-corrected chi connectivity index (χ1v) is 10.4. The summed E-state index contributed by atoms with van der Waals surface area (Å²) >= 11 is 0. The van der Waals surface area contributed by atoms with Gasteiger partial charge in [-0.3, -0.25) is 9.59 Å². The second-order valence-electron chi connectivity index (χ2n) is 9.10. The molecule has 4 amide bonds. The summed E-state index contributed by atoms with van der Waals surface area (Å²) in [6, 6.07) is 9.45. The maximum atomic E-state index is 12.6. The number of carbonyl (C=O) groups excluding carboxylic acids is 3. The van der Waals surface area contributed by atoms with Crippen molar-refractivity contribution >= 4 is 23.5 Å². The molecular weight excluding hydrogens is 368 g/mol. The lowest BCUT2D eigenvalue weighted by atomic mass is 9.96. The summed E-state index contributed by atoms with van der Waals surface area (Å²) in [5.41, 5.74) is 0.600. The Hall–Kier alpha value is -2.57. The molecule has 0 aromatic heterocycles. The van der Waals surface area contributed by atoms with Crippen LogP contribution in [0.5, 0.6) is 0 Å². The van der Waals surface area contributed by atoms with E-state index in [1.54, 1.807) is 4.90 Å². The molecule has 7 nitrogen and oxygen atoms in total. The number of hydrogen-bond acceptors (Lipinski definition) is 3. The summed E-state index contributed by atoms with van der Waals surface area (Å²) in [7, 11) is 0. The van der Waals surface area contributed by atoms with Gasteiger partial charge in [0, 0.05) is 43.8 Å². The molecule has 158 valence electrons. The Kier molecular flexibility index (Phi) is 6.45. The van der Waals surface area contributed by atoms with Gasteiger partial charge in [-0.1, -0.05) is 18.2 Å². The molecule has 1 aromatic rings. The second kappa shape index (κ2) is 8.84. The first-order chi connectivity index (χ1) is 13.7. The zero-order valence-electron chi connectivity index (χ0n) is 17.6. The van der Waals surface area contributed by atoms with Gasteiger partial charge in [0.1, 0.15) is 0 Å². The number of urea groups is 1. The van der Waals surface area contributed by atoms with Gasteiger partial charge in [0.2, 0.25) is 11.8 Å². The van der Waals surface area contributed by atoms with Gasteiger partial charge < -0.3 is 20.4 Å². The Morgan fingerprint density at radius 1 is 1.10 bits per heavy atom. The summed E-state index contributed by atoms with van der Waals surface area (Å²) in [6.07, 6.45) is 2.00. The molecule has 2 N–H and O–H groups in total. The average molecular weight is 401 g/mol. The predicted octanol–water partition coefficient (Wildman–Crippen LogP) is 2.38. The van der Waals surface area contributed by atoms with Gasteiger partial charge in [0.25, 0.3) is 0 Å². The fourth-order valence-corrected chi connectivity index (χ4v) is 3.87. The third kappa shape index (κ3) is 5.71. The molecule has 2 fully saturated rings. The van der Waals surface area contributed by atoms with E-state index >= 15 is 0 Å². The number of para-hydroxylation sites is 1. The molecule has 1 aromatic carbocycles. The van der Waals surface area contributed by atoms with E-state index in [-0.39, 0.29) is 35.7 Å². The minimum atomic E-state index is -0.305. The molecule has 0 aliphatic carbocycles. The van der Waals surface area contributed by atoms with E-state index < -0.39 is 0 Å². The van der Waals surface area contributed by atoms with E-state index in [4.69, 9.17) is 0 Å². The number of rotatable bonds is 4. The van der Waals surface area contributed by atoms with Crippen molar-refractivity contribution in [1.29, 1.82) is 0 Å². The number of carbonyl (C=O) groups is 3. The van der Waals surface area contributed by atoms with Crippen LogP contribution in [0.4, 0.5) is 10.5 Å². The molecule has 0 radical (unpaired) electrons. The molecule has 1 unspecified atom stereocenters. The van der Waals surface area contributed by atoms with Gasteiger partial charge in [-0.2, -0.15) is 0 Å². The highest BCUT2D eigenvalue weighted by Crippen LogP contribution is 2.25. The topological polar surface area (TPSA) is 81.8 Å². The number of hydrogen-bond donors (Lipinski definition) is 2. The molecule has 3 rings (SSSR count). The van der Waals surface area contributed by atoms with Crippen LogP contribution in [0.15, 0.2) is 30.3 Å². The maximum Gasteiger partial charge on any atom is 0.317 e. The van der Waals surface area contributed by atoms with Crippen LogP contribution in [-0.2, 0) is 9.59 Å². The highest BCUT2D eigenvalue weighted by atomic mass is 16.2. The van der Waals surface area contributed by atoms with Crippen molar-refractivity contribution < 1.29 is 14.4 Å². The van der Waals surface area contributed by atoms with E-state index in [1.165, 1.54) is 0 Å². The Bertz CT molecular complexity index is 736. The number of likely N-dealkylation sites (tertiary alicyclic amines) is 1. The number of amides is 4. The second-order valence-corrected chi connectivity index (χ2v) is 9.10. The van der Waals surface area contributed by atoms with Gasteiger partial charge in [0.05, 0.1) is 5.92 Å². The zero-order valence-corrected chi connectivity index (χ0v) is 17.6. The first-order valence-electron chi connectivity index (χ1n) is 10.4. The van der Waals surface area contributed by atoms with Gasteiger partial charge in [-0.05, 0) is 51.7 Å². The predicted molar refractivity (Wildman–Crippen MR) is 112 cm³/mol. The molecule has 0 bridgehead atoms. The van der Waals surface area contributed by atoms with Crippen LogP contribution in [0.25, 0.3) is 0 Å². The van der Waals surface area contributed by atoms with Crippen molar-refractivity contribution in [3.63, 3.8) is 0 Å². The molecule has 2 aliphatic heterocycles. The Morgan fingerprint density at radius 2 is 1.76 bits per heavy atom. The fourth-order valence-electron chi connectivity index (χ4n) is 3.87. The Morgan fingerprint density at radius 3 is 2.38 bits per heavy atom. The first kappa shape index (κ1) is 21.1. The third-order valence-electron chi connectivity index (χ3n) is 5.51. The molecule has 2 saturated heterocycles. The highest BCUT2D eigenvalue weighted by Gasteiger charge is 2.35. The summed E-state index contributed by atoms with van der Waals surface area (Å²) in [6.45, 7) is 8.35. The molecule has 7 heteroatoms. The van der Waals surface area contributed by atoms with Crippen LogP contribution in [-0.4, -0.2) is 54.5 Å². The molecule has 1 atom stereocenters. The number of anilines is 1. The summed E-state index contributed by atoms with van der Waals surface area (Å²) < 4.78 is 0. The smallest absolute Gasteiger partial charge is 0.317 e. The quantitative estimate of drug-likeness (QED) is 0.814. The van der Waals surface area contributed by atoms with Gasteiger partial charge in [-0.25, -0.2) is 4.79 Å². The maximum absolute atomic E-state index is 12.6. The van der Waals surface area contributed by atoms with Crippen molar-refractivity contribution in [1.82, 2.24) is 15.5 Å². The van der Waals surface area contributed by atoms with Crippen LogP contribution in [0.2, 0.25) is 0 Å². The minimum Gasteiger partial charge on any atom is -0.356 e. The average Bonchev–Trinajstić information content (AvgIpc) is 3.07. The van der Waals surface area contributed by atoms with E-state index in [0.29, 0.717) is 32.1 Å². The minimum absolute atomic E-state index is 0.00508. The molecule has 2 aliphatic rings. The number of nitrogens with zero attached hydrogens (tertiary/aromatic N) is 2. The number of nitrogens with one attached hydrogen (secondary N) is 2. The normalized spacial score (nSPS) is 20.7. The van der Waals surface area contributed by atoms with Crippen molar-refractivity contribution in [2.45, 2.75) is 45.6 Å². The van der Waals surface area contributed by atoms with Crippen LogP contribution in [0.3, 0.4) is 0 Å². The highest BCUT2D eigenvalue weighted by molar-refractivity contribution is 6.00. The molecular formula is C22H32N4O3.